The van der Waals surface area contributed by atoms with Crippen LogP contribution in [0.15, 0.2) is 10.7 Å². The normalized spacial score (nSPS) is 11.6. The average Bonchev–Trinajstić information content (AvgIpc) is 3.16. The standard InChI is InChI=1S/C10H7BrN8S2/c1-4-7(21-17-13-4)8-14-15-10-19(8)16-9(20-10)6-5(11)3-12-18(6)2/h3H,1-2H3. The fourth-order valence-corrected chi connectivity index (χ4v) is 4.17. The lowest BCUT2D eigenvalue weighted by atomic mass is 10.4. The van der Waals surface area contributed by atoms with E-state index in [0.717, 1.165) is 30.7 Å². The van der Waals surface area contributed by atoms with Crippen molar-refractivity contribution in [1.29, 1.82) is 0 Å². The summed E-state index contributed by atoms with van der Waals surface area (Å²) in [5, 5.41) is 22.0. The van der Waals surface area contributed by atoms with E-state index in [1.165, 1.54) is 22.9 Å². The van der Waals surface area contributed by atoms with Crippen molar-refractivity contribution in [2.24, 2.45) is 7.05 Å². The first kappa shape index (κ1) is 13.0. The van der Waals surface area contributed by atoms with Crippen LogP contribution in [0.2, 0.25) is 0 Å². The summed E-state index contributed by atoms with van der Waals surface area (Å²) in [6.45, 7) is 1.89. The number of hydrogen-bond acceptors (Lipinski definition) is 8. The van der Waals surface area contributed by atoms with E-state index >= 15 is 0 Å². The van der Waals surface area contributed by atoms with Crippen LogP contribution in [0.25, 0.3) is 26.4 Å². The van der Waals surface area contributed by atoms with Crippen molar-refractivity contribution in [1.82, 2.24) is 39.2 Å². The van der Waals surface area contributed by atoms with Gasteiger partial charge in [-0.2, -0.15) is 14.7 Å². The molecule has 4 aromatic heterocycles. The minimum atomic E-state index is 0.665. The summed E-state index contributed by atoms with van der Waals surface area (Å²) in [7, 11) is 1.88. The first-order valence-electron chi connectivity index (χ1n) is 5.84. The van der Waals surface area contributed by atoms with Gasteiger partial charge in [0.15, 0.2) is 10.8 Å². The summed E-state index contributed by atoms with van der Waals surface area (Å²) in [5.74, 6) is 0.665. The molecule has 0 saturated carbocycles. The molecule has 11 heteroatoms. The Morgan fingerprint density at radius 1 is 1.24 bits per heavy atom. The Morgan fingerprint density at radius 2 is 2.10 bits per heavy atom. The van der Waals surface area contributed by atoms with Gasteiger partial charge in [0, 0.05) is 7.05 Å². The SMILES string of the molecule is Cc1nnsc1-c1nnc2sc(-c3c(Br)cnn3C)nn12. The van der Waals surface area contributed by atoms with Crippen molar-refractivity contribution in [2.45, 2.75) is 6.92 Å². The highest BCUT2D eigenvalue weighted by atomic mass is 79.9. The number of halogens is 1. The predicted molar refractivity (Wildman–Crippen MR) is 82.2 cm³/mol. The largest absolute Gasteiger partial charge is 0.264 e. The molecule has 4 heterocycles. The van der Waals surface area contributed by atoms with Gasteiger partial charge in [0.1, 0.15) is 10.6 Å². The van der Waals surface area contributed by atoms with Crippen LogP contribution < -0.4 is 0 Å². The zero-order chi connectivity index (χ0) is 14.6. The summed E-state index contributed by atoms with van der Waals surface area (Å²) in [6.07, 6.45) is 1.75. The molecule has 0 saturated heterocycles. The minimum absolute atomic E-state index is 0.665. The van der Waals surface area contributed by atoms with Gasteiger partial charge in [-0.1, -0.05) is 15.8 Å². The zero-order valence-electron chi connectivity index (χ0n) is 10.8. The van der Waals surface area contributed by atoms with E-state index < -0.39 is 0 Å². The molecule has 106 valence electrons. The van der Waals surface area contributed by atoms with Gasteiger partial charge in [-0.3, -0.25) is 4.68 Å². The molecule has 0 amide bonds. The van der Waals surface area contributed by atoms with Crippen LogP contribution in [0.3, 0.4) is 0 Å². The number of hydrogen-bond donors (Lipinski definition) is 0. The fourth-order valence-electron chi connectivity index (χ4n) is 1.94. The van der Waals surface area contributed by atoms with Crippen molar-refractivity contribution < 1.29 is 0 Å². The Labute approximate surface area is 134 Å². The van der Waals surface area contributed by atoms with Gasteiger partial charge in [-0.15, -0.1) is 15.3 Å². The highest BCUT2D eigenvalue weighted by Gasteiger charge is 2.20. The minimum Gasteiger partial charge on any atom is -0.264 e. The van der Waals surface area contributed by atoms with E-state index in [4.69, 9.17) is 0 Å². The Morgan fingerprint density at radius 3 is 2.76 bits per heavy atom. The van der Waals surface area contributed by atoms with Crippen LogP contribution in [0.1, 0.15) is 5.69 Å². The molecule has 0 unspecified atom stereocenters. The number of aryl methyl sites for hydroxylation is 2. The Balaban J connectivity index is 1.93. The summed E-state index contributed by atoms with van der Waals surface area (Å²) in [5.41, 5.74) is 1.74. The highest BCUT2D eigenvalue weighted by Crippen LogP contribution is 2.33. The molecule has 0 spiro atoms. The van der Waals surface area contributed by atoms with Gasteiger partial charge in [0.05, 0.1) is 16.4 Å². The molecule has 0 aliphatic heterocycles. The molecule has 0 fully saturated rings. The van der Waals surface area contributed by atoms with Crippen LogP contribution in [0.4, 0.5) is 0 Å². The van der Waals surface area contributed by atoms with Gasteiger partial charge in [-0.05, 0) is 34.4 Å². The molecule has 0 aromatic carbocycles. The van der Waals surface area contributed by atoms with E-state index in [-0.39, 0.29) is 0 Å². The van der Waals surface area contributed by atoms with Crippen LogP contribution in [0, 0.1) is 6.92 Å². The van der Waals surface area contributed by atoms with Crippen LogP contribution >= 0.6 is 38.8 Å². The van der Waals surface area contributed by atoms with Crippen molar-refractivity contribution in [3.05, 3.63) is 16.4 Å². The summed E-state index contributed by atoms with van der Waals surface area (Å²) in [6, 6.07) is 0. The second kappa shape index (κ2) is 4.64. The van der Waals surface area contributed by atoms with Crippen LogP contribution in [-0.4, -0.2) is 39.2 Å². The maximum atomic E-state index is 4.60. The molecule has 0 aliphatic carbocycles. The van der Waals surface area contributed by atoms with Gasteiger partial charge < -0.3 is 0 Å². The smallest absolute Gasteiger partial charge is 0.235 e. The van der Waals surface area contributed by atoms with Crippen molar-refractivity contribution in [2.75, 3.05) is 0 Å². The van der Waals surface area contributed by atoms with Crippen molar-refractivity contribution >= 4 is 43.8 Å². The lowest BCUT2D eigenvalue weighted by molar-refractivity contribution is 0.772. The first-order valence-corrected chi connectivity index (χ1v) is 8.23. The van der Waals surface area contributed by atoms with Gasteiger partial charge in [0.25, 0.3) is 0 Å². The van der Waals surface area contributed by atoms with Gasteiger partial charge in [0.2, 0.25) is 4.96 Å². The van der Waals surface area contributed by atoms with Gasteiger partial charge >= 0.3 is 0 Å². The Hall–Kier alpha value is -1.72. The zero-order valence-corrected chi connectivity index (χ0v) is 14.1. The third-order valence-corrected chi connectivity index (χ3v) is 5.25. The average molecular weight is 383 g/mol. The molecular formula is C10H7BrN8S2. The lowest BCUT2D eigenvalue weighted by Crippen LogP contribution is -1.95. The fraction of sp³-hybridized carbons (Fsp3) is 0.200. The molecule has 0 aliphatic rings. The molecular weight excluding hydrogens is 376 g/mol. The second-order valence-electron chi connectivity index (χ2n) is 4.28. The van der Waals surface area contributed by atoms with E-state index in [0.29, 0.717) is 5.82 Å². The van der Waals surface area contributed by atoms with Crippen LogP contribution in [0.5, 0.6) is 0 Å². The summed E-state index contributed by atoms with van der Waals surface area (Å²) in [4.78, 5) is 1.60. The molecule has 8 nitrogen and oxygen atoms in total. The first-order chi connectivity index (χ1) is 10.1. The number of nitrogens with zero attached hydrogens (tertiary/aromatic N) is 8. The molecule has 4 aromatic rings. The molecule has 0 bridgehead atoms. The Kier molecular flexibility index (Phi) is 2.87. The van der Waals surface area contributed by atoms with E-state index in [2.05, 4.69) is 45.9 Å². The molecule has 21 heavy (non-hydrogen) atoms. The molecule has 0 radical (unpaired) electrons. The number of fused-ring (bicyclic) bond motifs is 1. The quantitative estimate of drug-likeness (QED) is 0.527. The molecule has 4 rings (SSSR count). The third kappa shape index (κ3) is 1.92. The molecule has 0 atom stereocenters. The summed E-state index contributed by atoms with van der Waals surface area (Å²) < 4.78 is 8.33. The van der Waals surface area contributed by atoms with Crippen molar-refractivity contribution in [3.8, 4) is 21.4 Å². The third-order valence-electron chi connectivity index (χ3n) is 2.94. The lowest BCUT2D eigenvalue weighted by Gasteiger charge is -1.97. The maximum absolute atomic E-state index is 4.60. The number of rotatable bonds is 2. The van der Waals surface area contributed by atoms with E-state index in [9.17, 15) is 0 Å². The van der Waals surface area contributed by atoms with E-state index in [1.807, 2.05) is 14.0 Å². The predicted octanol–water partition coefficient (Wildman–Crippen LogP) is 2.18. The molecule has 0 N–H and O–H groups in total. The number of aromatic nitrogens is 8. The maximum Gasteiger partial charge on any atom is 0.235 e. The summed E-state index contributed by atoms with van der Waals surface area (Å²) >= 11 is 6.24. The van der Waals surface area contributed by atoms with E-state index in [1.54, 1.807) is 15.4 Å². The van der Waals surface area contributed by atoms with Crippen LogP contribution in [-0.2, 0) is 7.05 Å². The highest BCUT2D eigenvalue weighted by molar-refractivity contribution is 9.10. The second-order valence-corrected chi connectivity index (χ2v) is 6.84. The van der Waals surface area contributed by atoms with Gasteiger partial charge in [-0.25, -0.2) is 0 Å². The topological polar surface area (TPSA) is 86.7 Å². The van der Waals surface area contributed by atoms with Crippen molar-refractivity contribution in [3.63, 3.8) is 0 Å². The Bertz CT molecular complexity index is 928. The monoisotopic (exact) mass is 382 g/mol.